The second kappa shape index (κ2) is 9.22. The molecule has 0 amide bonds. The molecule has 0 aromatic rings. The van der Waals surface area contributed by atoms with Gasteiger partial charge in [0.15, 0.2) is 0 Å². The zero-order chi connectivity index (χ0) is 14.0. The fourth-order valence-corrected chi connectivity index (χ4v) is 0.884. The third-order valence-corrected chi connectivity index (χ3v) is 1.90. The van der Waals surface area contributed by atoms with Crippen LogP contribution in [0.4, 0.5) is 0 Å². The first-order chi connectivity index (χ1) is 8.41. The number of carbonyl (C=O) groups is 2. The topological polar surface area (TPSA) is 52.6 Å². The summed E-state index contributed by atoms with van der Waals surface area (Å²) in [6.45, 7) is 11.6. The van der Waals surface area contributed by atoms with Crippen LogP contribution in [0.3, 0.4) is 0 Å². The van der Waals surface area contributed by atoms with Crippen LogP contribution in [0, 0.1) is 0 Å². The third-order valence-electron chi connectivity index (χ3n) is 1.90. The summed E-state index contributed by atoms with van der Waals surface area (Å²) in [4.78, 5) is 22.3. The Hall–Kier alpha value is -1.84. The normalized spacial score (nSPS) is 10.1. The first-order valence-electron chi connectivity index (χ1n) is 5.72. The van der Waals surface area contributed by atoms with E-state index >= 15 is 0 Å². The van der Waals surface area contributed by atoms with Crippen LogP contribution in [-0.2, 0) is 19.1 Å². The molecule has 0 bridgehead atoms. The molecule has 0 heterocycles. The van der Waals surface area contributed by atoms with Crippen LogP contribution < -0.4 is 0 Å². The lowest BCUT2D eigenvalue weighted by atomic mass is 10.3. The molecular weight excluding hydrogens is 232 g/mol. The van der Waals surface area contributed by atoms with E-state index in [2.05, 4.69) is 13.2 Å². The smallest absolute Gasteiger partial charge is 0.331 e. The molecule has 4 nitrogen and oxygen atoms in total. The van der Waals surface area contributed by atoms with Gasteiger partial charge in [-0.15, -0.1) is 13.2 Å². The van der Waals surface area contributed by atoms with Crippen molar-refractivity contribution in [3.8, 4) is 0 Å². The molecule has 0 spiro atoms. The lowest BCUT2D eigenvalue weighted by molar-refractivity contribution is -0.140. The molecule has 0 saturated carbocycles. The summed E-state index contributed by atoms with van der Waals surface area (Å²) in [6, 6.07) is 0. The van der Waals surface area contributed by atoms with Crippen LogP contribution in [-0.4, -0.2) is 25.2 Å². The van der Waals surface area contributed by atoms with Crippen LogP contribution in [0.25, 0.3) is 0 Å². The zero-order valence-electron chi connectivity index (χ0n) is 11.0. The maximum atomic E-state index is 11.2. The van der Waals surface area contributed by atoms with Gasteiger partial charge in [0.2, 0.25) is 0 Å². The van der Waals surface area contributed by atoms with Crippen molar-refractivity contribution in [1.82, 2.24) is 0 Å². The molecule has 0 atom stereocenters. The highest BCUT2D eigenvalue weighted by molar-refractivity contribution is 5.91. The van der Waals surface area contributed by atoms with Crippen LogP contribution in [0.15, 0.2) is 36.5 Å². The number of hydrogen-bond acceptors (Lipinski definition) is 4. The van der Waals surface area contributed by atoms with Crippen molar-refractivity contribution in [2.45, 2.75) is 26.7 Å². The van der Waals surface area contributed by atoms with E-state index in [1.165, 1.54) is 0 Å². The third kappa shape index (κ3) is 10.7. The predicted molar refractivity (Wildman–Crippen MR) is 69.9 cm³/mol. The van der Waals surface area contributed by atoms with Gasteiger partial charge < -0.3 is 9.47 Å². The molecule has 0 aliphatic rings. The Morgan fingerprint density at radius 1 is 0.889 bits per heavy atom. The Morgan fingerprint density at radius 2 is 1.22 bits per heavy atom. The van der Waals surface area contributed by atoms with E-state index in [9.17, 15) is 9.59 Å². The molecule has 0 aromatic heterocycles. The van der Waals surface area contributed by atoms with Crippen molar-refractivity contribution in [2.24, 2.45) is 0 Å². The van der Waals surface area contributed by atoms with Gasteiger partial charge in [0.1, 0.15) is 0 Å². The average molecular weight is 252 g/mol. The molecule has 0 aliphatic carbocycles. The molecule has 4 heteroatoms. The van der Waals surface area contributed by atoms with E-state index in [-0.39, 0.29) is 13.2 Å². The van der Waals surface area contributed by atoms with Crippen molar-refractivity contribution in [2.75, 3.05) is 13.2 Å². The highest BCUT2D eigenvalue weighted by Gasteiger charge is 2.01. The SMILES string of the molecule is C=C(C)CCOC(=O)/C=C/C(=O)OCCC(=C)C. The monoisotopic (exact) mass is 252 g/mol. The first-order valence-corrected chi connectivity index (χ1v) is 5.72. The summed E-state index contributed by atoms with van der Waals surface area (Å²) in [6.07, 6.45) is 3.34. The summed E-state index contributed by atoms with van der Waals surface area (Å²) in [5.41, 5.74) is 1.87. The molecule has 0 fully saturated rings. The predicted octanol–water partition coefficient (Wildman–Crippen LogP) is 2.56. The Labute approximate surface area is 108 Å². The van der Waals surface area contributed by atoms with E-state index in [1.54, 1.807) is 0 Å². The average Bonchev–Trinajstić information content (AvgIpc) is 2.25. The summed E-state index contributed by atoms with van der Waals surface area (Å²) in [7, 11) is 0. The summed E-state index contributed by atoms with van der Waals surface area (Å²) < 4.78 is 9.67. The van der Waals surface area contributed by atoms with Gasteiger partial charge in [-0.2, -0.15) is 0 Å². The summed E-state index contributed by atoms with van der Waals surface area (Å²) in [5.74, 6) is -1.12. The maximum Gasteiger partial charge on any atom is 0.331 e. The Balaban J connectivity index is 3.77. The van der Waals surface area contributed by atoms with E-state index in [0.717, 1.165) is 23.3 Å². The van der Waals surface area contributed by atoms with Crippen molar-refractivity contribution in [1.29, 1.82) is 0 Å². The van der Waals surface area contributed by atoms with Crippen LogP contribution in [0.1, 0.15) is 26.7 Å². The van der Waals surface area contributed by atoms with Crippen molar-refractivity contribution in [3.63, 3.8) is 0 Å². The fraction of sp³-hybridized carbons (Fsp3) is 0.429. The van der Waals surface area contributed by atoms with Crippen molar-refractivity contribution >= 4 is 11.9 Å². The lowest BCUT2D eigenvalue weighted by Crippen LogP contribution is -2.06. The number of ether oxygens (including phenoxy) is 2. The molecule has 0 N–H and O–H groups in total. The molecule has 0 saturated heterocycles. The van der Waals surface area contributed by atoms with Gasteiger partial charge in [0, 0.05) is 25.0 Å². The van der Waals surface area contributed by atoms with Crippen LogP contribution in [0.5, 0.6) is 0 Å². The summed E-state index contributed by atoms with van der Waals surface area (Å²) in [5, 5.41) is 0. The largest absolute Gasteiger partial charge is 0.462 e. The Bertz CT molecular complexity index is 319. The number of esters is 2. The highest BCUT2D eigenvalue weighted by Crippen LogP contribution is 1.97. The molecule has 100 valence electrons. The first kappa shape index (κ1) is 16.2. The van der Waals surface area contributed by atoms with Crippen molar-refractivity contribution in [3.05, 3.63) is 36.5 Å². The Kier molecular flexibility index (Phi) is 8.27. The minimum Gasteiger partial charge on any atom is -0.462 e. The van der Waals surface area contributed by atoms with Crippen molar-refractivity contribution < 1.29 is 19.1 Å². The van der Waals surface area contributed by atoms with Gasteiger partial charge in [-0.1, -0.05) is 11.1 Å². The minimum absolute atomic E-state index is 0.267. The molecule has 0 aromatic carbocycles. The standard InChI is InChI=1S/C14H20O4/c1-11(2)7-9-17-13(15)5-6-14(16)18-10-8-12(3)4/h5-6H,1,3,7-10H2,2,4H3/b6-5+. The van der Waals surface area contributed by atoms with Gasteiger partial charge in [-0.25, -0.2) is 9.59 Å². The van der Waals surface area contributed by atoms with Gasteiger partial charge in [-0.3, -0.25) is 0 Å². The van der Waals surface area contributed by atoms with Gasteiger partial charge in [0.25, 0.3) is 0 Å². The van der Waals surface area contributed by atoms with Gasteiger partial charge in [0.05, 0.1) is 13.2 Å². The van der Waals surface area contributed by atoms with Crippen LogP contribution >= 0.6 is 0 Å². The Morgan fingerprint density at radius 3 is 1.50 bits per heavy atom. The molecule has 0 rings (SSSR count). The minimum atomic E-state index is -0.562. The molecule has 0 unspecified atom stereocenters. The zero-order valence-corrected chi connectivity index (χ0v) is 11.0. The number of rotatable bonds is 8. The van der Waals surface area contributed by atoms with E-state index in [1.807, 2.05) is 13.8 Å². The van der Waals surface area contributed by atoms with Crippen LogP contribution in [0.2, 0.25) is 0 Å². The quantitative estimate of drug-likeness (QED) is 0.378. The van der Waals surface area contributed by atoms with E-state index in [0.29, 0.717) is 12.8 Å². The van der Waals surface area contributed by atoms with Gasteiger partial charge in [-0.05, 0) is 13.8 Å². The molecule has 18 heavy (non-hydrogen) atoms. The second-order valence-corrected chi connectivity index (χ2v) is 4.08. The van der Waals surface area contributed by atoms with E-state index in [4.69, 9.17) is 9.47 Å². The fourth-order valence-electron chi connectivity index (χ4n) is 0.884. The van der Waals surface area contributed by atoms with Gasteiger partial charge >= 0.3 is 11.9 Å². The number of carbonyl (C=O) groups excluding carboxylic acids is 2. The molecule has 0 aliphatic heterocycles. The lowest BCUT2D eigenvalue weighted by Gasteiger charge is -2.02. The highest BCUT2D eigenvalue weighted by atomic mass is 16.5. The summed E-state index contributed by atoms with van der Waals surface area (Å²) >= 11 is 0. The second-order valence-electron chi connectivity index (χ2n) is 4.08. The molecule has 0 radical (unpaired) electrons. The van der Waals surface area contributed by atoms with E-state index < -0.39 is 11.9 Å². The number of hydrogen-bond donors (Lipinski definition) is 0. The molecular formula is C14H20O4. The maximum absolute atomic E-state index is 11.2.